The fraction of sp³-hybridized carbons (Fsp3) is 0.818. The van der Waals surface area contributed by atoms with Gasteiger partial charge in [-0.1, -0.05) is 103 Å². The second kappa shape index (κ2) is 22.8. The molecule has 1 saturated carbocycles. The summed E-state index contributed by atoms with van der Waals surface area (Å²) in [6.45, 7) is 6.13. The summed E-state index contributed by atoms with van der Waals surface area (Å²) in [4.78, 5) is 23.9. The van der Waals surface area contributed by atoms with Crippen molar-refractivity contribution in [2.24, 2.45) is 17.8 Å². The minimum atomic E-state index is -1.08. The molecule has 1 rings (SSSR count). The Kier molecular flexibility index (Phi) is 20.7. The molecular weight excluding hydrogens is 524 g/mol. The van der Waals surface area contributed by atoms with E-state index in [4.69, 9.17) is 9.47 Å². The Bertz CT molecular complexity index is 750. The number of rotatable bonds is 23. The predicted molar refractivity (Wildman–Crippen MR) is 161 cm³/mol. The molecule has 0 unspecified atom stereocenters. The van der Waals surface area contributed by atoms with E-state index in [0.29, 0.717) is 19.3 Å². The Hall–Kier alpha value is -1.74. The van der Waals surface area contributed by atoms with E-state index in [1.54, 1.807) is 18.2 Å². The van der Waals surface area contributed by atoms with E-state index < -0.39 is 30.4 Å². The number of hydrogen-bond donors (Lipinski definition) is 4. The normalized spacial score (nSPS) is 22.5. The fourth-order valence-electron chi connectivity index (χ4n) is 5.18. The molecule has 0 amide bonds. The monoisotopic (exact) mass is 582 g/mol. The second-order valence-corrected chi connectivity index (χ2v) is 12.0. The number of aliphatic hydroxyl groups excluding tert-OH is 4. The maximum Gasteiger partial charge on any atom is 0.309 e. The number of allylic oxidation sites excluding steroid dienone is 1. The van der Waals surface area contributed by atoms with Gasteiger partial charge >= 0.3 is 11.9 Å². The van der Waals surface area contributed by atoms with Crippen LogP contribution in [0.1, 0.15) is 117 Å². The first-order valence-electron chi connectivity index (χ1n) is 16.0. The molecule has 238 valence electrons. The number of carbonyl (C=O) groups excluding carboxylic acids is 2. The van der Waals surface area contributed by atoms with E-state index in [2.05, 4.69) is 20.8 Å². The largest absolute Gasteiger partial charge is 0.463 e. The molecule has 6 atom stereocenters. The third kappa shape index (κ3) is 18.4. The highest BCUT2D eigenvalue weighted by atomic mass is 16.6. The topological polar surface area (TPSA) is 134 Å². The maximum absolute atomic E-state index is 12.0. The van der Waals surface area contributed by atoms with E-state index in [0.717, 1.165) is 44.4 Å². The highest BCUT2D eigenvalue weighted by Crippen LogP contribution is 2.36. The quantitative estimate of drug-likeness (QED) is 0.0715. The molecule has 1 aliphatic carbocycles. The van der Waals surface area contributed by atoms with Crippen LogP contribution in [-0.4, -0.2) is 70.0 Å². The van der Waals surface area contributed by atoms with Crippen LogP contribution >= 0.6 is 0 Å². The zero-order valence-electron chi connectivity index (χ0n) is 25.8. The number of aliphatic hydroxyl groups is 4. The Labute approximate surface area is 248 Å². The summed E-state index contributed by atoms with van der Waals surface area (Å²) < 4.78 is 10.2. The summed E-state index contributed by atoms with van der Waals surface area (Å²) in [7, 11) is 0. The van der Waals surface area contributed by atoms with Gasteiger partial charge < -0.3 is 29.9 Å². The van der Waals surface area contributed by atoms with Crippen LogP contribution in [0.3, 0.4) is 0 Å². The van der Waals surface area contributed by atoms with Crippen LogP contribution in [0.25, 0.3) is 0 Å². The molecule has 0 bridgehead atoms. The molecule has 1 fully saturated rings. The first kappa shape index (κ1) is 37.3. The molecule has 0 spiro atoms. The summed E-state index contributed by atoms with van der Waals surface area (Å²) in [5.41, 5.74) is 0. The van der Waals surface area contributed by atoms with Gasteiger partial charge in [0.1, 0.15) is 19.3 Å². The Balaban J connectivity index is 2.21. The maximum atomic E-state index is 12.0. The number of ether oxygens (including phenoxy) is 2. The lowest BCUT2D eigenvalue weighted by Gasteiger charge is -2.19. The molecular formula is C33H58O8. The minimum absolute atomic E-state index is 0.00595. The summed E-state index contributed by atoms with van der Waals surface area (Å²) in [6, 6.07) is 0. The molecule has 0 aromatic rings. The van der Waals surface area contributed by atoms with E-state index in [1.165, 1.54) is 25.7 Å². The number of carbonyl (C=O) groups is 2. The third-order valence-electron chi connectivity index (χ3n) is 7.72. The molecule has 4 N–H and O–H groups in total. The number of esters is 2. The smallest absolute Gasteiger partial charge is 0.309 e. The van der Waals surface area contributed by atoms with Gasteiger partial charge in [-0.2, -0.15) is 0 Å². The van der Waals surface area contributed by atoms with E-state index >= 15 is 0 Å². The average molecular weight is 583 g/mol. The van der Waals surface area contributed by atoms with Crippen molar-refractivity contribution in [1.29, 1.82) is 0 Å². The molecule has 0 aliphatic heterocycles. The lowest BCUT2D eigenvalue weighted by molar-refractivity contribution is -0.151. The lowest BCUT2D eigenvalue weighted by atomic mass is 9.89. The number of hydrogen-bond acceptors (Lipinski definition) is 8. The summed E-state index contributed by atoms with van der Waals surface area (Å²) in [5.74, 6) is -0.583. The fourth-order valence-corrected chi connectivity index (χ4v) is 5.18. The van der Waals surface area contributed by atoms with Gasteiger partial charge in [0.2, 0.25) is 0 Å². The van der Waals surface area contributed by atoms with Crippen molar-refractivity contribution in [3.05, 3.63) is 24.3 Å². The van der Waals surface area contributed by atoms with Gasteiger partial charge in [0, 0.05) is 18.8 Å². The molecule has 0 aromatic carbocycles. The van der Waals surface area contributed by atoms with Crippen LogP contribution in [0.5, 0.6) is 0 Å². The van der Waals surface area contributed by atoms with E-state index in [-0.39, 0.29) is 43.9 Å². The van der Waals surface area contributed by atoms with Gasteiger partial charge in [-0.05, 0) is 31.1 Å². The van der Waals surface area contributed by atoms with Crippen molar-refractivity contribution in [2.45, 2.75) is 141 Å². The minimum Gasteiger partial charge on any atom is -0.463 e. The lowest BCUT2D eigenvalue weighted by Crippen LogP contribution is -2.25. The standard InChI is InChI=1S/C33H58O8/c1-4-5-10-16-26(34)20-21-29-28(30(36)22-31(29)37)17-13-14-19-33(39)41-24-27(35)23-40-32(38)18-12-9-7-6-8-11-15-25(2)3/h13-14,20-21,25-31,34-37H,4-12,15-19,22-24H2,1-3H3/b14-13-,21-20+/t26-,27-,28+,29-,30+,31-/m1/s1. The predicted octanol–water partition coefficient (Wildman–Crippen LogP) is 5.40. The first-order chi connectivity index (χ1) is 19.6. The second-order valence-electron chi connectivity index (χ2n) is 12.0. The zero-order valence-corrected chi connectivity index (χ0v) is 25.8. The van der Waals surface area contributed by atoms with Gasteiger partial charge in [0.15, 0.2) is 0 Å². The van der Waals surface area contributed by atoms with Crippen LogP contribution in [0, 0.1) is 17.8 Å². The van der Waals surface area contributed by atoms with Gasteiger partial charge in [-0.15, -0.1) is 0 Å². The van der Waals surface area contributed by atoms with Crippen molar-refractivity contribution < 1.29 is 39.5 Å². The molecule has 0 heterocycles. The Morgan fingerprint density at radius 3 is 2.15 bits per heavy atom. The first-order valence-corrected chi connectivity index (χ1v) is 16.0. The summed E-state index contributed by atoms with van der Waals surface area (Å²) in [5, 5.41) is 40.9. The highest BCUT2D eigenvalue weighted by Gasteiger charge is 2.39. The van der Waals surface area contributed by atoms with Crippen molar-refractivity contribution in [2.75, 3.05) is 13.2 Å². The number of unbranched alkanes of at least 4 members (excludes halogenated alkanes) is 7. The molecule has 0 radical (unpaired) electrons. The van der Waals surface area contributed by atoms with Gasteiger partial charge in [0.25, 0.3) is 0 Å². The van der Waals surface area contributed by atoms with Crippen molar-refractivity contribution in [3.8, 4) is 0 Å². The van der Waals surface area contributed by atoms with E-state index in [9.17, 15) is 30.0 Å². The molecule has 0 aromatic heterocycles. The SMILES string of the molecule is CCCCC[C@@H](O)/C=C/[C@@H]1[C@H](C/C=C\CC(=O)OC[C@H](O)COC(=O)CCCCCCCCC(C)C)[C@@H](O)C[C@H]1O. The van der Waals surface area contributed by atoms with Gasteiger partial charge in [-0.3, -0.25) is 9.59 Å². The van der Waals surface area contributed by atoms with Crippen LogP contribution in [0.15, 0.2) is 24.3 Å². The van der Waals surface area contributed by atoms with Gasteiger partial charge in [-0.25, -0.2) is 0 Å². The molecule has 8 nitrogen and oxygen atoms in total. The molecule has 41 heavy (non-hydrogen) atoms. The summed E-state index contributed by atoms with van der Waals surface area (Å²) in [6.07, 6.45) is 16.7. The van der Waals surface area contributed by atoms with Crippen LogP contribution < -0.4 is 0 Å². The van der Waals surface area contributed by atoms with Crippen LogP contribution in [0.4, 0.5) is 0 Å². The summed E-state index contributed by atoms with van der Waals surface area (Å²) >= 11 is 0. The highest BCUT2D eigenvalue weighted by molar-refractivity contribution is 5.71. The Morgan fingerprint density at radius 2 is 1.46 bits per heavy atom. The molecule has 0 saturated heterocycles. The van der Waals surface area contributed by atoms with E-state index in [1.807, 2.05) is 6.08 Å². The molecule has 1 aliphatic rings. The van der Waals surface area contributed by atoms with Crippen molar-refractivity contribution in [1.82, 2.24) is 0 Å². The average Bonchev–Trinajstić information content (AvgIpc) is 3.20. The molecule has 8 heteroatoms. The van der Waals surface area contributed by atoms with Crippen LogP contribution in [-0.2, 0) is 19.1 Å². The Morgan fingerprint density at radius 1 is 0.829 bits per heavy atom. The van der Waals surface area contributed by atoms with Crippen molar-refractivity contribution >= 4 is 11.9 Å². The van der Waals surface area contributed by atoms with Gasteiger partial charge in [0.05, 0.1) is 24.7 Å². The van der Waals surface area contributed by atoms with Crippen LogP contribution in [0.2, 0.25) is 0 Å². The zero-order chi connectivity index (χ0) is 30.5. The third-order valence-corrected chi connectivity index (χ3v) is 7.72. The van der Waals surface area contributed by atoms with Crippen molar-refractivity contribution in [3.63, 3.8) is 0 Å².